The van der Waals surface area contributed by atoms with Gasteiger partial charge >= 0.3 is 12.1 Å². The fourth-order valence-corrected chi connectivity index (χ4v) is 2.15. The summed E-state index contributed by atoms with van der Waals surface area (Å²) in [6.45, 7) is -0.0909. The quantitative estimate of drug-likeness (QED) is 0.860. The van der Waals surface area contributed by atoms with E-state index in [2.05, 4.69) is 4.74 Å². The van der Waals surface area contributed by atoms with Crippen molar-refractivity contribution in [3.8, 4) is 0 Å². The van der Waals surface area contributed by atoms with E-state index in [9.17, 15) is 18.0 Å². The molecule has 0 aliphatic carbocycles. The molecule has 1 N–H and O–H groups in total. The highest BCUT2D eigenvalue weighted by Gasteiger charge is 2.47. The van der Waals surface area contributed by atoms with Crippen LogP contribution in [0.2, 0.25) is 0 Å². The van der Waals surface area contributed by atoms with Crippen molar-refractivity contribution < 1.29 is 27.8 Å². The van der Waals surface area contributed by atoms with Gasteiger partial charge in [0, 0.05) is 7.11 Å². The number of alkyl halides is 3. The predicted molar refractivity (Wildman–Crippen MR) is 60.9 cm³/mol. The van der Waals surface area contributed by atoms with Crippen molar-refractivity contribution >= 4 is 18.4 Å². The summed E-state index contributed by atoms with van der Waals surface area (Å²) >= 11 is 0. The van der Waals surface area contributed by atoms with Gasteiger partial charge in [-0.25, -0.2) is 0 Å². The highest BCUT2D eigenvalue weighted by Crippen LogP contribution is 2.33. The standard InChI is InChI=1S/C10H16F3NO3.ClH/c1-17-6-7(9(15)16)14-5-3-2-4-8(14)10(11,12)13;/h7-8H,2-6H2,1H3,(H,15,16);1H. The van der Waals surface area contributed by atoms with Gasteiger partial charge in [-0.1, -0.05) is 6.42 Å². The largest absolute Gasteiger partial charge is 0.480 e. The smallest absolute Gasteiger partial charge is 0.404 e. The molecule has 1 fully saturated rings. The van der Waals surface area contributed by atoms with Crippen LogP contribution < -0.4 is 0 Å². The maximum Gasteiger partial charge on any atom is 0.404 e. The number of carboxylic acid groups (broad SMARTS) is 1. The van der Waals surface area contributed by atoms with Gasteiger partial charge in [-0.2, -0.15) is 13.2 Å². The molecule has 2 unspecified atom stereocenters. The monoisotopic (exact) mass is 291 g/mol. The minimum absolute atomic E-state index is 0. The highest BCUT2D eigenvalue weighted by atomic mass is 35.5. The third-order valence-electron chi connectivity index (χ3n) is 2.93. The van der Waals surface area contributed by atoms with Crippen molar-refractivity contribution in [3.05, 3.63) is 0 Å². The van der Waals surface area contributed by atoms with Gasteiger partial charge in [0.15, 0.2) is 0 Å². The maximum absolute atomic E-state index is 12.8. The molecule has 1 rings (SSSR count). The summed E-state index contributed by atoms with van der Waals surface area (Å²) in [6, 6.07) is -2.90. The van der Waals surface area contributed by atoms with Crippen LogP contribution in [0.25, 0.3) is 0 Å². The molecule has 0 aromatic heterocycles. The Balaban J connectivity index is 0.00000289. The molecule has 4 nitrogen and oxygen atoms in total. The van der Waals surface area contributed by atoms with Gasteiger partial charge in [0.25, 0.3) is 0 Å². The average Bonchev–Trinajstić information content (AvgIpc) is 2.24. The van der Waals surface area contributed by atoms with Crippen LogP contribution in [0.1, 0.15) is 19.3 Å². The van der Waals surface area contributed by atoms with E-state index in [4.69, 9.17) is 5.11 Å². The number of hydrogen-bond donors (Lipinski definition) is 1. The van der Waals surface area contributed by atoms with Crippen LogP contribution in [0.3, 0.4) is 0 Å². The average molecular weight is 292 g/mol. The van der Waals surface area contributed by atoms with Crippen LogP contribution >= 0.6 is 12.4 Å². The second-order valence-electron chi connectivity index (χ2n) is 4.10. The Labute approximate surface area is 109 Å². The molecular formula is C10H17ClF3NO3. The number of ether oxygens (including phenoxy) is 1. The summed E-state index contributed by atoms with van der Waals surface area (Å²) in [5.74, 6) is -1.28. The Bertz CT molecular complexity index is 276. The molecule has 0 spiro atoms. The van der Waals surface area contributed by atoms with Crippen LogP contribution in [0.5, 0.6) is 0 Å². The number of rotatable bonds is 4. The van der Waals surface area contributed by atoms with Crippen molar-refractivity contribution in [3.63, 3.8) is 0 Å². The fraction of sp³-hybridized carbons (Fsp3) is 0.900. The zero-order chi connectivity index (χ0) is 13.1. The van der Waals surface area contributed by atoms with Gasteiger partial charge in [0.1, 0.15) is 12.1 Å². The van der Waals surface area contributed by atoms with Crippen LogP contribution in [-0.2, 0) is 9.53 Å². The zero-order valence-electron chi connectivity index (χ0n) is 9.94. The van der Waals surface area contributed by atoms with Gasteiger partial charge < -0.3 is 9.84 Å². The van der Waals surface area contributed by atoms with E-state index >= 15 is 0 Å². The molecule has 2 atom stereocenters. The van der Waals surface area contributed by atoms with Crippen molar-refractivity contribution in [1.82, 2.24) is 4.90 Å². The van der Waals surface area contributed by atoms with Crippen LogP contribution in [0, 0.1) is 0 Å². The molecule has 0 bridgehead atoms. The van der Waals surface area contributed by atoms with E-state index in [1.54, 1.807) is 0 Å². The second kappa shape index (κ2) is 7.16. The van der Waals surface area contributed by atoms with E-state index in [1.807, 2.05) is 0 Å². The number of halogens is 4. The molecule has 1 saturated heterocycles. The molecule has 108 valence electrons. The Kier molecular flexibility index (Phi) is 6.94. The van der Waals surface area contributed by atoms with E-state index in [0.717, 1.165) is 4.90 Å². The number of carbonyl (C=O) groups is 1. The predicted octanol–water partition coefficient (Wildman–Crippen LogP) is 1.92. The van der Waals surface area contributed by atoms with Gasteiger partial charge in [-0.05, 0) is 19.4 Å². The molecule has 1 aliphatic rings. The van der Waals surface area contributed by atoms with Crippen molar-refractivity contribution in [2.45, 2.75) is 37.5 Å². The fourth-order valence-electron chi connectivity index (χ4n) is 2.15. The highest BCUT2D eigenvalue weighted by molar-refractivity contribution is 5.85. The molecular weight excluding hydrogens is 275 g/mol. The first kappa shape index (κ1) is 17.5. The molecule has 0 radical (unpaired) electrons. The number of methoxy groups -OCH3 is 1. The van der Waals surface area contributed by atoms with Gasteiger partial charge in [0.2, 0.25) is 0 Å². The van der Waals surface area contributed by atoms with Crippen LogP contribution in [0.15, 0.2) is 0 Å². The minimum atomic E-state index is -4.39. The summed E-state index contributed by atoms with van der Waals surface area (Å²) in [5, 5.41) is 8.95. The molecule has 0 saturated carbocycles. The number of aliphatic carboxylic acids is 1. The maximum atomic E-state index is 12.8. The zero-order valence-corrected chi connectivity index (χ0v) is 10.8. The number of hydrogen-bond acceptors (Lipinski definition) is 3. The third-order valence-corrected chi connectivity index (χ3v) is 2.93. The van der Waals surface area contributed by atoms with Crippen LogP contribution in [-0.4, -0.2) is 54.5 Å². The molecule has 18 heavy (non-hydrogen) atoms. The number of nitrogens with zero attached hydrogens (tertiary/aromatic N) is 1. The molecule has 8 heteroatoms. The van der Waals surface area contributed by atoms with E-state index in [0.29, 0.717) is 12.8 Å². The first-order valence-corrected chi connectivity index (χ1v) is 5.42. The topological polar surface area (TPSA) is 49.8 Å². The molecule has 0 aromatic carbocycles. The van der Waals surface area contributed by atoms with Crippen molar-refractivity contribution in [1.29, 1.82) is 0 Å². The number of piperidine rings is 1. The second-order valence-corrected chi connectivity index (χ2v) is 4.10. The summed E-state index contributed by atoms with van der Waals surface area (Å²) in [6.07, 6.45) is -3.38. The Morgan fingerprint density at radius 2 is 2.11 bits per heavy atom. The third kappa shape index (κ3) is 4.29. The van der Waals surface area contributed by atoms with Gasteiger partial charge in [-0.3, -0.25) is 9.69 Å². The normalized spacial score (nSPS) is 23.2. The Morgan fingerprint density at radius 3 is 2.56 bits per heavy atom. The number of likely N-dealkylation sites (tertiary alicyclic amines) is 1. The van der Waals surface area contributed by atoms with Crippen molar-refractivity contribution in [2.24, 2.45) is 0 Å². The molecule has 1 heterocycles. The first-order valence-electron chi connectivity index (χ1n) is 5.42. The van der Waals surface area contributed by atoms with E-state index in [-0.39, 0.29) is 32.0 Å². The Morgan fingerprint density at radius 1 is 1.50 bits per heavy atom. The molecule has 0 amide bonds. The lowest BCUT2D eigenvalue weighted by Gasteiger charge is -2.39. The lowest BCUT2D eigenvalue weighted by atomic mass is 9.99. The van der Waals surface area contributed by atoms with Gasteiger partial charge in [0.05, 0.1) is 6.61 Å². The van der Waals surface area contributed by atoms with Crippen molar-refractivity contribution in [2.75, 3.05) is 20.3 Å². The summed E-state index contributed by atoms with van der Waals surface area (Å²) < 4.78 is 43.0. The summed E-state index contributed by atoms with van der Waals surface area (Å²) in [5.41, 5.74) is 0. The first-order chi connectivity index (χ1) is 7.88. The summed E-state index contributed by atoms with van der Waals surface area (Å²) in [4.78, 5) is 12.0. The minimum Gasteiger partial charge on any atom is -0.480 e. The number of carboxylic acids is 1. The lowest BCUT2D eigenvalue weighted by Crippen LogP contribution is -2.56. The van der Waals surface area contributed by atoms with E-state index in [1.165, 1.54) is 7.11 Å². The Hall–Kier alpha value is -0.530. The summed E-state index contributed by atoms with van der Waals surface area (Å²) in [7, 11) is 1.28. The van der Waals surface area contributed by atoms with Gasteiger partial charge in [-0.15, -0.1) is 12.4 Å². The SMILES string of the molecule is COCC(C(=O)O)N1CCCCC1C(F)(F)F.Cl. The molecule has 0 aromatic rings. The molecule has 1 aliphatic heterocycles. The lowest BCUT2D eigenvalue weighted by molar-refractivity contribution is -0.202. The van der Waals surface area contributed by atoms with E-state index < -0.39 is 24.2 Å². The van der Waals surface area contributed by atoms with Crippen LogP contribution in [0.4, 0.5) is 13.2 Å².